The molecule has 0 spiro atoms. The van der Waals surface area contributed by atoms with Crippen molar-refractivity contribution in [2.75, 3.05) is 24.3 Å². The van der Waals surface area contributed by atoms with Crippen molar-refractivity contribution in [3.8, 4) is 0 Å². The summed E-state index contributed by atoms with van der Waals surface area (Å²) in [6, 6.07) is 7.27. The molecular weight excluding hydrogens is 204 g/mol. The van der Waals surface area contributed by atoms with Gasteiger partial charge in [0.05, 0.1) is 0 Å². The van der Waals surface area contributed by atoms with E-state index in [0.29, 0.717) is 12.2 Å². The van der Waals surface area contributed by atoms with E-state index >= 15 is 0 Å². The van der Waals surface area contributed by atoms with Crippen LogP contribution in [0.3, 0.4) is 0 Å². The summed E-state index contributed by atoms with van der Waals surface area (Å²) in [5.41, 5.74) is 7.14. The third-order valence-electron chi connectivity index (χ3n) is 2.47. The number of benzene rings is 1. The Balaban J connectivity index is 2.94. The van der Waals surface area contributed by atoms with E-state index in [2.05, 4.69) is 0 Å². The monoisotopic (exact) mass is 222 g/mol. The number of carbonyl (C=O) groups is 1. The van der Waals surface area contributed by atoms with Gasteiger partial charge in [-0.25, -0.2) is 0 Å². The molecule has 1 amide bonds. The summed E-state index contributed by atoms with van der Waals surface area (Å²) in [6.07, 6.45) is -0.443. The van der Waals surface area contributed by atoms with Crippen LogP contribution in [0.15, 0.2) is 24.3 Å². The molecule has 0 radical (unpaired) electrons. The number of carbonyl (C=O) groups excluding carboxylic acids is 1. The fraction of sp³-hybridized carbons (Fsp3) is 0.417. The predicted octanol–water partition coefficient (Wildman–Crippen LogP) is 1.66. The zero-order valence-corrected chi connectivity index (χ0v) is 9.93. The number of likely N-dealkylation sites (N-methyl/N-ethyl adjacent to an activating group) is 1. The largest absolute Gasteiger partial charge is 0.399 e. The van der Waals surface area contributed by atoms with Crippen molar-refractivity contribution in [1.82, 2.24) is 0 Å². The second kappa shape index (κ2) is 5.51. The van der Waals surface area contributed by atoms with Gasteiger partial charge >= 0.3 is 0 Å². The Kier molecular flexibility index (Phi) is 4.31. The topological polar surface area (TPSA) is 55.6 Å². The van der Waals surface area contributed by atoms with E-state index in [0.717, 1.165) is 5.69 Å². The van der Waals surface area contributed by atoms with Crippen LogP contribution in [0.1, 0.15) is 13.8 Å². The molecule has 0 aliphatic rings. The highest BCUT2D eigenvalue weighted by Crippen LogP contribution is 2.18. The quantitative estimate of drug-likeness (QED) is 0.788. The number of rotatable bonds is 4. The zero-order valence-electron chi connectivity index (χ0n) is 9.93. The van der Waals surface area contributed by atoms with Crippen molar-refractivity contribution < 1.29 is 9.53 Å². The van der Waals surface area contributed by atoms with Gasteiger partial charge in [-0.2, -0.15) is 0 Å². The lowest BCUT2D eigenvalue weighted by molar-refractivity contribution is -0.127. The molecule has 1 aromatic carbocycles. The van der Waals surface area contributed by atoms with E-state index in [9.17, 15) is 4.79 Å². The number of hydrogen-bond acceptors (Lipinski definition) is 3. The predicted molar refractivity (Wildman–Crippen MR) is 65.4 cm³/mol. The highest BCUT2D eigenvalue weighted by Gasteiger charge is 2.20. The number of hydrogen-bond donors (Lipinski definition) is 1. The van der Waals surface area contributed by atoms with Crippen molar-refractivity contribution in [1.29, 1.82) is 0 Å². The summed E-state index contributed by atoms with van der Waals surface area (Å²) in [4.78, 5) is 13.6. The normalized spacial score (nSPS) is 12.2. The molecule has 4 nitrogen and oxygen atoms in total. The maximum atomic E-state index is 12.0. The number of ether oxygens (including phenoxy) is 1. The van der Waals surface area contributed by atoms with Gasteiger partial charge < -0.3 is 15.4 Å². The molecule has 4 heteroatoms. The molecule has 0 aliphatic heterocycles. The molecule has 0 bridgehead atoms. The van der Waals surface area contributed by atoms with E-state index in [1.165, 1.54) is 7.11 Å². The second-order valence-electron chi connectivity index (χ2n) is 3.56. The Bertz CT molecular complexity index is 366. The van der Waals surface area contributed by atoms with Gasteiger partial charge in [0.1, 0.15) is 6.10 Å². The van der Waals surface area contributed by atoms with E-state index in [1.807, 2.05) is 19.1 Å². The molecule has 0 fully saturated rings. The molecule has 0 aliphatic carbocycles. The van der Waals surface area contributed by atoms with Crippen molar-refractivity contribution in [2.24, 2.45) is 0 Å². The minimum absolute atomic E-state index is 0.0596. The fourth-order valence-electron chi connectivity index (χ4n) is 1.48. The Morgan fingerprint density at radius 1 is 1.56 bits per heavy atom. The van der Waals surface area contributed by atoms with Crippen LogP contribution in [0.25, 0.3) is 0 Å². The van der Waals surface area contributed by atoms with Gasteiger partial charge in [0, 0.05) is 25.0 Å². The van der Waals surface area contributed by atoms with Crippen LogP contribution >= 0.6 is 0 Å². The first-order valence-corrected chi connectivity index (χ1v) is 5.29. The number of nitrogen functional groups attached to an aromatic ring is 1. The summed E-state index contributed by atoms with van der Waals surface area (Å²) in [6.45, 7) is 4.25. The van der Waals surface area contributed by atoms with E-state index in [-0.39, 0.29) is 5.91 Å². The second-order valence-corrected chi connectivity index (χ2v) is 3.56. The minimum Gasteiger partial charge on any atom is -0.399 e. The lowest BCUT2D eigenvalue weighted by atomic mass is 10.2. The molecule has 1 aromatic rings. The number of nitrogens with two attached hydrogens (primary N) is 1. The van der Waals surface area contributed by atoms with Crippen molar-refractivity contribution in [2.45, 2.75) is 20.0 Å². The average molecular weight is 222 g/mol. The Hall–Kier alpha value is -1.55. The van der Waals surface area contributed by atoms with Crippen molar-refractivity contribution in [3.05, 3.63) is 24.3 Å². The highest BCUT2D eigenvalue weighted by atomic mass is 16.5. The molecular formula is C12H18N2O2. The minimum atomic E-state index is -0.443. The summed E-state index contributed by atoms with van der Waals surface area (Å²) in [5.74, 6) is -0.0596. The molecule has 1 unspecified atom stereocenters. The first-order valence-electron chi connectivity index (χ1n) is 5.29. The third kappa shape index (κ3) is 2.73. The Labute approximate surface area is 96.0 Å². The average Bonchev–Trinajstić information content (AvgIpc) is 2.29. The number of amides is 1. The smallest absolute Gasteiger partial charge is 0.255 e. The van der Waals surface area contributed by atoms with Crippen LogP contribution in [0.4, 0.5) is 11.4 Å². The summed E-state index contributed by atoms with van der Waals surface area (Å²) in [7, 11) is 1.52. The highest BCUT2D eigenvalue weighted by molar-refractivity contribution is 5.96. The summed E-state index contributed by atoms with van der Waals surface area (Å²) in [5, 5.41) is 0. The van der Waals surface area contributed by atoms with E-state index < -0.39 is 6.10 Å². The molecule has 2 N–H and O–H groups in total. The Morgan fingerprint density at radius 2 is 2.25 bits per heavy atom. The van der Waals surface area contributed by atoms with Gasteiger partial charge in [-0.3, -0.25) is 4.79 Å². The van der Waals surface area contributed by atoms with Crippen LogP contribution < -0.4 is 10.6 Å². The first-order chi connectivity index (χ1) is 7.60. The number of anilines is 2. The molecule has 1 rings (SSSR count). The van der Waals surface area contributed by atoms with Crippen LogP contribution in [0.5, 0.6) is 0 Å². The number of methoxy groups -OCH3 is 1. The molecule has 0 saturated carbocycles. The molecule has 1 atom stereocenters. The molecule has 0 heterocycles. The summed E-state index contributed by atoms with van der Waals surface area (Å²) >= 11 is 0. The van der Waals surface area contributed by atoms with Crippen molar-refractivity contribution >= 4 is 17.3 Å². The third-order valence-corrected chi connectivity index (χ3v) is 2.47. The van der Waals surface area contributed by atoms with Gasteiger partial charge in [-0.1, -0.05) is 6.07 Å². The standard InChI is InChI=1S/C12H18N2O2/c1-4-14(12(15)9(2)16-3)11-7-5-6-10(13)8-11/h5-9H,4,13H2,1-3H3. The van der Waals surface area contributed by atoms with Crippen LogP contribution in [0.2, 0.25) is 0 Å². The number of nitrogens with zero attached hydrogens (tertiary/aromatic N) is 1. The maximum absolute atomic E-state index is 12.0. The van der Waals surface area contributed by atoms with E-state index in [1.54, 1.807) is 24.0 Å². The lowest BCUT2D eigenvalue weighted by Gasteiger charge is -2.24. The molecule has 16 heavy (non-hydrogen) atoms. The van der Waals surface area contributed by atoms with Crippen LogP contribution in [-0.4, -0.2) is 25.7 Å². The van der Waals surface area contributed by atoms with Gasteiger partial charge in [0.25, 0.3) is 5.91 Å². The maximum Gasteiger partial charge on any atom is 0.255 e. The summed E-state index contributed by atoms with van der Waals surface area (Å²) < 4.78 is 5.02. The van der Waals surface area contributed by atoms with Crippen LogP contribution in [-0.2, 0) is 9.53 Å². The molecule has 0 aromatic heterocycles. The fourth-order valence-corrected chi connectivity index (χ4v) is 1.48. The van der Waals surface area contributed by atoms with Gasteiger partial charge in [0.15, 0.2) is 0 Å². The molecule has 88 valence electrons. The zero-order chi connectivity index (χ0) is 12.1. The van der Waals surface area contributed by atoms with Crippen molar-refractivity contribution in [3.63, 3.8) is 0 Å². The first kappa shape index (κ1) is 12.5. The molecule has 0 saturated heterocycles. The van der Waals surface area contributed by atoms with Gasteiger partial charge in [0.2, 0.25) is 0 Å². The van der Waals surface area contributed by atoms with Gasteiger partial charge in [-0.15, -0.1) is 0 Å². The van der Waals surface area contributed by atoms with Crippen LogP contribution in [0, 0.1) is 0 Å². The van der Waals surface area contributed by atoms with E-state index in [4.69, 9.17) is 10.5 Å². The SMILES string of the molecule is CCN(C(=O)C(C)OC)c1cccc(N)c1. The lowest BCUT2D eigenvalue weighted by Crippen LogP contribution is -2.38. The van der Waals surface area contributed by atoms with Gasteiger partial charge in [-0.05, 0) is 32.0 Å². The Morgan fingerprint density at radius 3 is 2.75 bits per heavy atom.